The lowest BCUT2D eigenvalue weighted by Crippen LogP contribution is -2.06. The maximum atomic E-state index is 12.7. The fourth-order valence-corrected chi connectivity index (χ4v) is 5.13. The number of benzene rings is 3. The molecule has 0 aliphatic rings. The first kappa shape index (κ1) is 35.8. The van der Waals surface area contributed by atoms with Crippen molar-refractivity contribution in [2.24, 2.45) is 0 Å². The number of imidazole rings is 2. The number of ether oxygens (including phenoxy) is 2. The van der Waals surface area contributed by atoms with Gasteiger partial charge in [0.2, 0.25) is 5.88 Å². The zero-order valence-electron chi connectivity index (χ0n) is 25.9. The maximum Gasteiger partial charge on any atom is 0.417 e. The van der Waals surface area contributed by atoms with Crippen LogP contribution in [0.25, 0.3) is 0 Å². The molecule has 0 aliphatic heterocycles. The van der Waals surface area contributed by atoms with E-state index in [4.69, 9.17) is 44.3 Å². The highest BCUT2D eigenvalue weighted by Gasteiger charge is 2.32. The summed E-state index contributed by atoms with van der Waals surface area (Å²) in [6.45, 7) is 3.06. The molecule has 0 fully saturated rings. The summed E-state index contributed by atoms with van der Waals surface area (Å²) in [5.41, 5.74) is 1.46. The lowest BCUT2D eigenvalue weighted by atomic mass is 10.1. The Morgan fingerprint density at radius 3 is 2.00 bits per heavy atom. The van der Waals surface area contributed by atoms with Crippen LogP contribution in [0.15, 0.2) is 98.0 Å². The number of aromatic nitrogens is 5. The normalized spacial score (nSPS) is 10.8. The van der Waals surface area contributed by atoms with E-state index in [0.29, 0.717) is 46.4 Å². The van der Waals surface area contributed by atoms with Crippen LogP contribution in [0, 0.1) is 29.6 Å². The van der Waals surface area contributed by atoms with Crippen LogP contribution in [0.5, 0.6) is 23.1 Å². The number of rotatable bonds is 8. The summed E-state index contributed by atoms with van der Waals surface area (Å²) in [4.78, 5) is 11.8. The van der Waals surface area contributed by atoms with Crippen molar-refractivity contribution in [3.05, 3.63) is 147 Å². The van der Waals surface area contributed by atoms with Gasteiger partial charge in [-0.2, -0.15) is 23.7 Å². The zero-order chi connectivity index (χ0) is 35.8. The minimum Gasteiger partial charge on any atom is -0.454 e. The Kier molecular flexibility index (Phi) is 11.3. The van der Waals surface area contributed by atoms with Gasteiger partial charge in [0.15, 0.2) is 0 Å². The predicted molar refractivity (Wildman–Crippen MR) is 181 cm³/mol. The Morgan fingerprint density at radius 2 is 1.44 bits per heavy atom. The molecule has 0 radical (unpaired) electrons. The molecule has 0 aliphatic carbocycles. The predicted octanol–water partition coefficient (Wildman–Crippen LogP) is 9.87. The summed E-state index contributed by atoms with van der Waals surface area (Å²) in [6.07, 6.45) is 4.77. The highest BCUT2D eigenvalue weighted by molar-refractivity contribution is 6.35. The third kappa shape index (κ3) is 9.12. The molecular formula is C35H23Cl3F3N7O2. The number of aryl methyl sites for hydroxylation is 1. The SMILES string of the molecule is Cc1nccn1Cc1ccc(C#N)c(Oc2ccc(Cl)cc2Cl)c1.N#Cc1ccc(Cn2ccnc2)cc1Oc1ncc(C(F)(F)F)cc1Cl. The summed E-state index contributed by atoms with van der Waals surface area (Å²) in [7, 11) is 0. The van der Waals surface area contributed by atoms with E-state index in [2.05, 4.69) is 21.0 Å². The van der Waals surface area contributed by atoms with Crippen molar-refractivity contribution >= 4 is 34.8 Å². The van der Waals surface area contributed by atoms with Gasteiger partial charge in [-0.3, -0.25) is 0 Å². The summed E-state index contributed by atoms with van der Waals surface area (Å²) in [5, 5.41) is 19.1. The monoisotopic (exact) mass is 735 g/mol. The van der Waals surface area contributed by atoms with Crippen LogP contribution < -0.4 is 9.47 Å². The average Bonchev–Trinajstić information content (AvgIpc) is 3.75. The molecule has 50 heavy (non-hydrogen) atoms. The van der Waals surface area contributed by atoms with Gasteiger partial charge in [0.1, 0.15) is 40.2 Å². The van der Waals surface area contributed by atoms with E-state index in [1.807, 2.05) is 40.5 Å². The number of halogens is 6. The zero-order valence-corrected chi connectivity index (χ0v) is 28.1. The largest absolute Gasteiger partial charge is 0.454 e. The minimum atomic E-state index is -4.56. The molecule has 0 N–H and O–H groups in total. The molecule has 252 valence electrons. The van der Waals surface area contributed by atoms with Crippen molar-refractivity contribution in [2.45, 2.75) is 26.2 Å². The second kappa shape index (κ2) is 15.8. The van der Waals surface area contributed by atoms with Gasteiger partial charge in [-0.15, -0.1) is 0 Å². The number of pyridine rings is 1. The van der Waals surface area contributed by atoms with Crippen LogP contribution in [0.1, 0.15) is 33.6 Å². The van der Waals surface area contributed by atoms with E-state index in [1.165, 1.54) is 0 Å². The Labute approximate surface area is 299 Å². The van der Waals surface area contributed by atoms with Gasteiger partial charge < -0.3 is 18.6 Å². The van der Waals surface area contributed by atoms with Gasteiger partial charge in [0, 0.05) is 49.1 Å². The molecule has 9 nitrogen and oxygen atoms in total. The van der Waals surface area contributed by atoms with Gasteiger partial charge in [-0.05, 0) is 66.6 Å². The number of nitrogens with zero attached hydrogens (tertiary/aromatic N) is 7. The summed E-state index contributed by atoms with van der Waals surface area (Å²) >= 11 is 17.9. The number of nitriles is 2. The van der Waals surface area contributed by atoms with Crippen molar-refractivity contribution < 1.29 is 22.6 Å². The quantitative estimate of drug-likeness (QED) is 0.153. The van der Waals surface area contributed by atoms with Crippen LogP contribution in [0.4, 0.5) is 13.2 Å². The highest BCUT2D eigenvalue weighted by atomic mass is 35.5. The molecule has 0 amide bonds. The van der Waals surface area contributed by atoms with E-state index < -0.39 is 11.7 Å². The first-order valence-electron chi connectivity index (χ1n) is 14.5. The van der Waals surface area contributed by atoms with Gasteiger partial charge in [-0.1, -0.05) is 46.9 Å². The van der Waals surface area contributed by atoms with E-state index >= 15 is 0 Å². The molecule has 3 heterocycles. The van der Waals surface area contributed by atoms with Gasteiger partial charge in [0.05, 0.1) is 28.0 Å². The standard InChI is InChI=1S/C18H13Cl2N3O.C17H10ClF3N4O/c1-12-22-6-7-23(12)11-13-2-3-14(10-21)18(8-13)24-17-5-4-15(19)9-16(17)20;18-14-6-13(17(19,20)21)8-24-16(14)26-15-5-11(1-2-12(15)7-22)9-25-4-3-23-10-25/h2-9H,11H2,1H3;1-6,8,10H,9H2. The van der Waals surface area contributed by atoms with E-state index in [9.17, 15) is 23.7 Å². The lowest BCUT2D eigenvalue weighted by Gasteiger charge is -2.12. The van der Waals surface area contributed by atoms with Crippen molar-refractivity contribution in [1.82, 2.24) is 24.1 Å². The Hall–Kier alpha value is -5.53. The molecule has 0 saturated carbocycles. The summed E-state index contributed by atoms with van der Waals surface area (Å²) < 4.78 is 53.2. The van der Waals surface area contributed by atoms with E-state index in [1.54, 1.807) is 67.4 Å². The van der Waals surface area contributed by atoms with E-state index in [0.717, 1.165) is 23.0 Å². The lowest BCUT2D eigenvalue weighted by molar-refractivity contribution is -0.137. The second-order valence-corrected chi connectivity index (χ2v) is 11.8. The van der Waals surface area contributed by atoms with Crippen LogP contribution in [0.3, 0.4) is 0 Å². The van der Waals surface area contributed by atoms with Crippen LogP contribution >= 0.6 is 34.8 Å². The molecule has 0 spiro atoms. The third-order valence-electron chi connectivity index (χ3n) is 6.99. The topological polar surface area (TPSA) is 115 Å². The Morgan fingerprint density at radius 1 is 0.760 bits per heavy atom. The Balaban J connectivity index is 0.000000195. The minimum absolute atomic E-state index is 0.152. The van der Waals surface area contributed by atoms with Crippen molar-refractivity contribution in [3.8, 4) is 35.3 Å². The average molecular weight is 737 g/mol. The van der Waals surface area contributed by atoms with Crippen LogP contribution in [-0.2, 0) is 19.3 Å². The molecule has 0 bridgehead atoms. The van der Waals surface area contributed by atoms with Gasteiger partial charge in [0.25, 0.3) is 0 Å². The molecule has 6 aromatic rings. The van der Waals surface area contributed by atoms with Crippen molar-refractivity contribution in [3.63, 3.8) is 0 Å². The number of hydrogen-bond acceptors (Lipinski definition) is 7. The summed E-state index contributed by atoms with van der Waals surface area (Å²) in [5.74, 6) is 1.77. The van der Waals surface area contributed by atoms with E-state index in [-0.39, 0.29) is 22.2 Å². The fraction of sp³-hybridized carbons (Fsp3) is 0.114. The fourth-order valence-electron chi connectivity index (χ4n) is 4.48. The molecule has 0 atom stereocenters. The first-order valence-corrected chi connectivity index (χ1v) is 15.6. The molecule has 0 unspecified atom stereocenters. The molecule has 0 saturated heterocycles. The number of alkyl halides is 3. The van der Waals surface area contributed by atoms with Crippen molar-refractivity contribution in [1.29, 1.82) is 10.5 Å². The van der Waals surface area contributed by atoms with Crippen molar-refractivity contribution in [2.75, 3.05) is 0 Å². The molecule has 3 aromatic carbocycles. The molecule has 3 aromatic heterocycles. The summed E-state index contributed by atoms with van der Waals surface area (Å²) in [6, 6.07) is 20.2. The smallest absolute Gasteiger partial charge is 0.417 e. The molecular weight excluding hydrogens is 714 g/mol. The first-order chi connectivity index (χ1) is 23.9. The highest BCUT2D eigenvalue weighted by Crippen LogP contribution is 2.36. The third-order valence-corrected chi connectivity index (χ3v) is 7.79. The molecule has 15 heteroatoms. The number of hydrogen-bond donors (Lipinski definition) is 0. The van der Waals surface area contributed by atoms with Crippen LogP contribution in [-0.4, -0.2) is 24.1 Å². The van der Waals surface area contributed by atoms with Gasteiger partial charge >= 0.3 is 6.18 Å². The molecule has 6 rings (SSSR count). The van der Waals surface area contributed by atoms with Gasteiger partial charge in [-0.25, -0.2) is 15.0 Å². The second-order valence-electron chi connectivity index (χ2n) is 10.5. The Bertz CT molecular complexity index is 2210. The maximum absolute atomic E-state index is 12.7. The van der Waals surface area contributed by atoms with Crippen LogP contribution in [0.2, 0.25) is 15.1 Å².